The van der Waals surface area contributed by atoms with Crippen molar-refractivity contribution >= 4 is 22.6 Å². The summed E-state index contributed by atoms with van der Waals surface area (Å²) in [7, 11) is 0. The van der Waals surface area contributed by atoms with Crippen molar-refractivity contribution in [3.05, 3.63) is 39.7 Å². The highest BCUT2D eigenvalue weighted by Crippen LogP contribution is 2.24. The van der Waals surface area contributed by atoms with Crippen LogP contribution >= 0.6 is 11.6 Å². The third kappa shape index (κ3) is 1.38. The second kappa shape index (κ2) is 2.78. The monoisotopic (exact) mass is 196 g/mol. The Morgan fingerprint density at radius 3 is 2.85 bits per heavy atom. The van der Waals surface area contributed by atoms with Crippen molar-refractivity contribution < 1.29 is 9.52 Å². The number of fused-ring (bicyclic) bond motifs is 1. The second-order valence-electron chi connectivity index (χ2n) is 2.59. The van der Waals surface area contributed by atoms with Crippen molar-refractivity contribution in [2.24, 2.45) is 0 Å². The number of hydrogen-bond acceptors (Lipinski definition) is 3. The Labute approximate surface area is 78.2 Å². The summed E-state index contributed by atoms with van der Waals surface area (Å²) in [5, 5.41) is 9.95. The molecular formula is C9H5ClO3. The normalized spacial score (nSPS) is 10.5. The Bertz CT molecular complexity index is 516. The minimum atomic E-state index is -0.497. The molecule has 0 aliphatic heterocycles. The van der Waals surface area contributed by atoms with Gasteiger partial charge in [0.15, 0.2) is 0 Å². The lowest BCUT2D eigenvalue weighted by Crippen LogP contribution is -1.95. The predicted octanol–water partition coefficient (Wildman–Crippen LogP) is 2.15. The molecule has 66 valence electrons. The molecule has 0 saturated heterocycles. The lowest BCUT2D eigenvalue weighted by Gasteiger charge is -1.98. The molecule has 1 aromatic carbocycles. The average molecular weight is 197 g/mol. The van der Waals surface area contributed by atoms with Crippen molar-refractivity contribution in [1.82, 2.24) is 0 Å². The summed E-state index contributed by atoms with van der Waals surface area (Å²) in [5.41, 5.74) is -0.126. The highest BCUT2D eigenvalue weighted by atomic mass is 35.5. The van der Waals surface area contributed by atoms with Gasteiger partial charge >= 0.3 is 5.63 Å². The van der Waals surface area contributed by atoms with E-state index in [2.05, 4.69) is 0 Å². The number of aromatic hydroxyl groups is 1. The molecule has 3 nitrogen and oxygen atoms in total. The van der Waals surface area contributed by atoms with Crippen LogP contribution in [-0.4, -0.2) is 5.11 Å². The Hall–Kier alpha value is -1.48. The van der Waals surface area contributed by atoms with E-state index in [0.717, 1.165) is 0 Å². The van der Waals surface area contributed by atoms with Crippen molar-refractivity contribution in [2.75, 3.05) is 0 Å². The van der Waals surface area contributed by atoms with Gasteiger partial charge in [-0.1, -0.05) is 11.6 Å². The minimum Gasteiger partial charge on any atom is -0.508 e. The van der Waals surface area contributed by atoms with Crippen LogP contribution in [0.1, 0.15) is 0 Å². The minimum absolute atomic E-state index is 0.0863. The molecule has 0 radical (unpaired) electrons. The molecule has 0 aliphatic carbocycles. The summed E-state index contributed by atoms with van der Waals surface area (Å²) >= 11 is 5.76. The van der Waals surface area contributed by atoms with Gasteiger partial charge in [-0.3, -0.25) is 0 Å². The highest BCUT2D eigenvalue weighted by Gasteiger charge is 2.03. The van der Waals surface area contributed by atoms with E-state index in [1.54, 1.807) is 0 Å². The molecule has 0 atom stereocenters. The van der Waals surface area contributed by atoms with Crippen molar-refractivity contribution in [2.45, 2.75) is 0 Å². The molecule has 0 amide bonds. The number of halogens is 1. The summed E-state index contributed by atoms with van der Waals surface area (Å²) < 4.78 is 4.85. The van der Waals surface area contributed by atoms with Crippen molar-refractivity contribution in [3.63, 3.8) is 0 Å². The first-order valence-corrected chi connectivity index (χ1v) is 3.97. The SMILES string of the molecule is O=c1cc(Cl)c2cc(O)ccc2o1. The van der Waals surface area contributed by atoms with Gasteiger partial charge in [0, 0.05) is 11.5 Å². The van der Waals surface area contributed by atoms with Crippen molar-refractivity contribution in [1.29, 1.82) is 0 Å². The molecule has 2 aromatic rings. The zero-order chi connectivity index (χ0) is 9.42. The molecule has 0 spiro atoms. The van der Waals surface area contributed by atoms with Gasteiger partial charge in [0.2, 0.25) is 0 Å². The van der Waals surface area contributed by atoms with Gasteiger partial charge in [0.05, 0.1) is 5.02 Å². The molecule has 4 heteroatoms. The summed E-state index contributed by atoms with van der Waals surface area (Å²) in [6.07, 6.45) is 0. The maximum Gasteiger partial charge on any atom is 0.337 e. The number of phenolic OH excluding ortho intramolecular Hbond substituents is 1. The van der Waals surface area contributed by atoms with E-state index < -0.39 is 5.63 Å². The van der Waals surface area contributed by atoms with E-state index in [9.17, 15) is 4.79 Å². The molecule has 1 N–H and O–H groups in total. The van der Waals surface area contributed by atoms with E-state index in [0.29, 0.717) is 11.0 Å². The van der Waals surface area contributed by atoms with E-state index in [1.165, 1.54) is 24.3 Å². The van der Waals surface area contributed by atoms with Crippen LogP contribution in [0.5, 0.6) is 5.75 Å². The highest BCUT2D eigenvalue weighted by molar-refractivity contribution is 6.35. The van der Waals surface area contributed by atoms with E-state index >= 15 is 0 Å². The van der Waals surface area contributed by atoms with Crippen LogP contribution in [0, 0.1) is 0 Å². The van der Waals surface area contributed by atoms with Crippen LogP contribution in [0.15, 0.2) is 33.5 Å². The molecule has 1 heterocycles. The van der Waals surface area contributed by atoms with Crippen LogP contribution in [0.2, 0.25) is 5.02 Å². The molecule has 0 unspecified atom stereocenters. The molecule has 0 aliphatic rings. The first-order chi connectivity index (χ1) is 6.16. The quantitative estimate of drug-likeness (QED) is 0.657. The number of benzene rings is 1. The zero-order valence-corrected chi connectivity index (χ0v) is 7.21. The zero-order valence-electron chi connectivity index (χ0n) is 6.45. The van der Waals surface area contributed by atoms with Crippen molar-refractivity contribution in [3.8, 4) is 5.75 Å². The fraction of sp³-hybridized carbons (Fsp3) is 0. The Balaban J connectivity index is 2.95. The molecule has 0 fully saturated rings. The van der Waals surface area contributed by atoms with Crippen LogP contribution < -0.4 is 5.63 Å². The number of rotatable bonds is 0. The number of phenols is 1. The summed E-state index contributed by atoms with van der Waals surface area (Å²) in [5.74, 6) is 0.0863. The molecule has 0 bridgehead atoms. The standard InChI is InChI=1S/C9H5ClO3/c10-7-4-9(12)13-8-2-1-5(11)3-6(7)8/h1-4,11H. The van der Waals surface area contributed by atoms with Crippen LogP contribution in [-0.2, 0) is 0 Å². The van der Waals surface area contributed by atoms with E-state index in [4.69, 9.17) is 21.1 Å². The Morgan fingerprint density at radius 2 is 2.08 bits per heavy atom. The maximum absolute atomic E-state index is 10.9. The van der Waals surface area contributed by atoms with Gasteiger partial charge in [-0.2, -0.15) is 0 Å². The van der Waals surface area contributed by atoms with Crippen LogP contribution in [0.3, 0.4) is 0 Å². The topological polar surface area (TPSA) is 50.4 Å². The molecule has 13 heavy (non-hydrogen) atoms. The van der Waals surface area contributed by atoms with Gasteiger partial charge < -0.3 is 9.52 Å². The van der Waals surface area contributed by atoms with E-state index in [1.807, 2.05) is 0 Å². The second-order valence-corrected chi connectivity index (χ2v) is 3.00. The third-order valence-electron chi connectivity index (χ3n) is 1.68. The van der Waals surface area contributed by atoms with Crippen LogP contribution in [0.25, 0.3) is 11.0 Å². The Kier molecular flexibility index (Phi) is 1.74. The lowest BCUT2D eigenvalue weighted by molar-refractivity contribution is 0.475. The fourth-order valence-electron chi connectivity index (χ4n) is 1.11. The van der Waals surface area contributed by atoms with Crippen LogP contribution in [0.4, 0.5) is 0 Å². The summed E-state index contributed by atoms with van der Waals surface area (Å²) in [6.45, 7) is 0. The van der Waals surface area contributed by atoms with Gasteiger partial charge in [-0.05, 0) is 18.2 Å². The molecule has 1 aromatic heterocycles. The van der Waals surface area contributed by atoms with Gasteiger partial charge in [0.25, 0.3) is 0 Å². The maximum atomic E-state index is 10.9. The first-order valence-electron chi connectivity index (χ1n) is 3.59. The largest absolute Gasteiger partial charge is 0.508 e. The predicted molar refractivity (Wildman–Crippen MR) is 49.2 cm³/mol. The number of hydrogen-bond donors (Lipinski definition) is 1. The van der Waals surface area contributed by atoms with Gasteiger partial charge in [-0.25, -0.2) is 4.79 Å². The summed E-state index contributed by atoms with van der Waals surface area (Å²) in [6, 6.07) is 5.55. The average Bonchev–Trinajstić information content (AvgIpc) is 2.06. The van der Waals surface area contributed by atoms with Gasteiger partial charge in [0.1, 0.15) is 11.3 Å². The molecular weight excluding hydrogens is 192 g/mol. The summed E-state index contributed by atoms with van der Waals surface area (Å²) in [4.78, 5) is 10.9. The lowest BCUT2D eigenvalue weighted by atomic mass is 10.2. The fourth-order valence-corrected chi connectivity index (χ4v) is 1.35. The Morgan fingerprint density at radius 1 is 1.31 bits per heavy atom. The third-order valence-corrected chi connectivity index (χ3v) is 1.99. The smallest absolute Gasteiger partial charge is 0.337 e. The first kappa shape index (κ1) is 8.13. The molecule has 2 rings (SSSR count). The molecule has 0 saturated carbocycles. The van der Waals surface area contributed by atoms with Gasteiger partial charge in [-0.15, -0.1) is 0 Å². The van der Waals surface area contributed by atoms with E-state index in [-0.39, 0.29) is 10.8 Å².